The summed E-state index contributed by atoms with van der Waals surface area (Å²) in [4.78, 5) is 45.1. The first-order valence-corrected chi connectivity index (χ1v) is 8.22. The van der Waals surface area contributed by atoms with Gasteiger partial charge in [-0.2, -0.15) is 0 Å². The first-order valence-electron chi connectivity index (χ1n) is 7.85. The van der Waals surface area contributed by atoms with Gasteiger partial charge in [-0.1, -0.05) is 17.7 Å². The molecule has 152 valence electrons. The quantitative estimate of drug-likeness (QED) is 0.368. The van der Waals surface area contributed by atoms with Gasteiger partial charge in [-0.05, 0) is 24.3 Å². The normalized spacial score (nSPS) is 9.86. The van der Waals surface area contributed by atoms with E-state index in [1.165, 1.54) is 30.3 Å². The van der Waals surface area contributed by atoms with Crippen LogP contribution >= 0.6 is 11.6 Å². The third-order valence-corrected chi connectivity index (χ3v) is 3.51. The van der Waals surface area contributed by atoms with E-state index in [-0.39, 0.29) is 22.1 Å². The fraction of sp³-hybridized carbons (Fsp3) is 0.0625. The van der Waals surface area contributed by atoms with E-state index >= 15 is 0 Å². The molecule has 0 radical (unpaired) electrons. The van der Waals surface area contributed by atoms with Gasteiger partial charge in [0.2, 0.25) is 0 Å². The van der Waals surface area contributed by atoms with E-state index < -0.39 is 35.3 Å². The lowest BCUT2D eigenvalue weighted by Gasteiger charge is -2.10. The van der Waals surface area contributed by atoms with Crippen molar-refractivity contribution in [3.05, 3.63) is 63.4 Å². The zero-order valence-electron chi connectivity index (χ0n) is 14.5. The number of nitrogens with one attached hydrogen (secondary N) is 5. The molecule has 0 atom stereocenters. The monoisotopic (exact) mass is 424 g/mol. The van der Waals surface area contributed by atoms with Gasteiger partial charge in [0.1, 0.15) is 12.4 Å². The van der Waals surface area contributed by atoms with E-state index in [1.54, 1.807) is 0 Å². The highest BCUT2D eigenvalue weighted by Crippen LogP contribution is 2.19. The maximum atomic E-state index is 13.0. The van der Waals surface area contributed by atoms with Crippen molar-refractivity contribution in [2.75, 3.05) is 17.2 Å². The molecule has 0 spiro atoms. The summed E-state index contributed by atoms with van der Waals surface area (Å²) in [7, 11) is 0. The average molecular weight is 425 g/mol. The van der Waals surface area contributed by atoms with Crippen LogP contribution in [0.15, 0.2) is 42.5 Å². The predicted molar refractivity (Wildman–Crippen MR) is 102 cm³/mol. The second kappa shape index (κ2) is 9.85. The molecule has 13 heteroatoms. The number of halogens is 2. The lowest BCUT2D eigenvalue weighted by molar-refractivity contribution is -0.384. The number of hydrazine groups is 1. The second-order valence-corrected chi connectivity index (χ2v) is 5.78. The van der Waals surface area contributed by atoms with Gasteiger partial charge in [-0.25, -0.2) is 19.4 Å². The third kappa shape index (κ3) is 6.95. The van der Waals surface area contributed by atoms with Gasteiger partial charge < -0.3 is 16.0 Å². The third-order valence-electron chi connectivity index (χ3n) is 3.22. The van der Waals surface area contributed by atoms with Crippen LogP contribution in [0.25, 0.3) is 0 Å². The number of nitro benzene ring substituents is 1. The second-order valence-electron chi connectivity index (χ2n) is 5.37. The fourth-order valence-corrected chi connectivity index (χ4v) is 2.12. The minimum Gasteiger partial charge on any atom is -0.329 e. The van der Waals surface area contributed by atoms with Gasteiger partial charge >= 0.3 is 12.1 Å². The van der Waals surface area contributed by atoms with Crippen LogP contribution in [0.3, 0.4) is 0 Å². The summed E-state index contributed by atoms with van der Waals surface area (Å²) in [6, 6.07) is 7.10. The van der Waals surface area contributed by atoms with Crippen LogP contribution in [0.4, 0.5) is 31.0 Å². The van der Waals surface area contributed by atoms with Crippen LogP contribution in [0.5, 0.6) is 0 Å². The van der Waals surface area contributed by atoms with Crippen molar-refractivity contribution in [3.8, 4) is 0 Å². The number of nitro groups is 1. The highest BCUT2D eigenvalue weighted by atomic mass is 35.5. The number of hydrogen-bond donors (Lipinski definition) is 5. The van der Waals surface area contributed by atoms with Crippen LogP contribution in [0.2, 0.25) is 5.02 Å². The summed E-state index contributed by atoms with van der Waals surface area (Å²) in [5.74, 6) is -1.41. The Morgan fingerprint density at radius 2 is 1.69 bits per heavy atom. The van der Waals surface area contributed by atoms with Crippen LogP contribution in [-0.2, 0) is 4.79 Å². The highest BCUT2D eigenvalue weighted by Gasteiger charge is 2.10. The van der Waals surface area contributed by atoms with Crippen LogP contribution in [0.1, 0.15) is 0 Å². The molecule has 0 aromatic heterocycles. The molecule has 5 amide bonds. The first-order chi connectivity index (χ1) is 13.7. The zero-order chi connectivity index (χ0) is 21.4. The highest BCUT2D eigenvalue weighted by molar-refractivity contribution is 6.31. The molecule has 2 rings (SSSR count). The molecular weight excluding hydrogens is 411 g/mol. The van der Waals surface area contributed by atoms with Gasteiger partial charge in [-0.3, -0.25) is 20.3 Å². The van der Waals surface area contributed by atoms with Gasteiger partial charge in [0, 0.05) is 23.5 Å². The lowest BCUT2D eigenvalue weighted by atomic mass is 10.3. The number of anilines is 2. The molecule has 2 aromatic carbocycles. The Bertz CT molecular complexity index is 957. The maximum Gasteiger partial charge on any atom is 0.337 e. The SMILES string of the molecule is O=C(CNC(=O)Nc1cccc([N+](=O)[O-])c1)NNC(=O)Nc1ccc(F)c(Cl)c1. The molecule has 0 unspecified atom stereocenters. The summed E-state index contributed by atoms with van der Waals surface area (Å²) in [5.41, 5.74) is 4.20. The van der Waals surface area contributed by atoms with Crippen molar-refractivity contribution >= 4 is 46.6 Å². The van der Waals surface area contributed by atoms with E-state index in [9.17, 15) is 28.9 Å². The van der Waals surface area contributed by atoms with Crippen LogP contribution in [-0.4, -0.2) is 29.4 Å². The predicted octanol–water partition coefficient (Wildman–Crippen LogP) is 2.36. The number of carbonyl (C=O) groups is 3. The molecule has 2 aromatic rings. The number of urea groups is 2. The molecule has 0 fully saturated rings. The van der Waals surface area contributed by atoms with Crippen molar-refractivity contribution in [1.29, 1.82) is 0 Å². The Morgan fingerprint density at radius 1 is 1.00 bits per heavy atom. The molecule has 0 heterocycles. The van der Waals surface area contributed by atoms with E-state index in [2.05, 4.69) is 16.0 Å². The van der Waals surface area contributed by atoms with Gasteiger partial charge in [-0.15, -0.1) is 0 Å². The smallest absolute Gasteiger partial charge is 0.329 e. The zero-order valence-corrected chi connectivity index (χ0v) is 15.2. The first kappa shape index (κ1) is 21.4. The number of hydrogen-bond acceptors (Lipinski definition) is 5. The van der Waals surface area contributed by atoms with Crippen LogP contribution in [0, 0.1) is 15.9 Å². The molecule has 29 heavy (non-hydrogen) atoms. The average Bonchev–Trinajstić information content (AvgIpc) is 2.68. The molecule has 0 aliphatic carbocycles. The maximum absolute atomic E-state index is 13.0. The number of carbonyl (C=O) groups excluding carboxylic acids is 3. The van der Waals surface area contributed by atoms with Crippen molar-refractivity contribution in [1.82, 2.24) is 16.2 Å². The lowest BCUT2D eigenvalue weighted by Crippen LogP contribution is -2.48. The number of non-ortho nitro benzene ring substituents is 1. The largest absolute Gasteiger partial charge is 0.337 e. The molecular formula is C16H14ClFN6O5. The topological polar surface area (TPSA) is 154 Å². The standard InChI is InChI=1S/C16H14ClFN6O5/c17-12-7-10(4-5-13(12)18)21-16(27)23-22-14(25)8-19-15(26)20-9-2-1-3-11(6-9)24(28)29/h1-7H,8H2,(H,22,25)(H2,19,20,26)(H2,21,23,27). The summed E-state index contributed by atoms with van der Waals surface area (Å²) < 4.78 is 13.0. The summed E-state index contributed by atoms with van der Waals surface area (Å²) in [6.45, 7) is -0.497. The molecule has 0 saturated heterocycles. The van der Waals surface area contributed by atoms with Crippen molar-refractivity contribution < 1.29 is 23.7 Å². The van der Waals surface area contributed by atoms with E-state index in [4.69, 9.17) is 11.6 Å². The van der Waals surface area contributed by atoms with Crippen molar-refractivity contribution in [2.24, 2.45) is 0 Å². The molecule has 0 bridgehead atoms. The fourth-order valence-electron chi connectivity index (χ4n) is 1.94. The minimum atomic E-state index is -0.831. The Hall–Kier alpha value is -3.93. The van der Waals surface area contributed by atoms with Gasteiger partial charge in [0.25, 0.3) is 11.6 Å². The van der Waals surface area contributed by atoms with Crippen LogP contribution < -0.4 is 26.8 Å². The number of amides is 5. The summed E-state index contributed by atoms with van der Waals surface area (Å²) in [5, 5.41) is 17.3. The molecule has 5 N–H and O–H groups in total. The number of nitrogens with zero attached hydrogens (tertiary/aromatic N) is 1. The Kier molecular flexibility index (Phi) is 7.26. The Labute approximate surface area is 167 Å². The molecule has 0 aliphatic heterocycles. The molecule has 11 nitrogen and oxygen atoms in total. The van der Waals surface area contributed by atoms with Gasteiger partial charge in [0.05, 0.1) is 9.95 Å². The summed E-state index contributed by atoms with van der Waals surface area (Å²) in [6.07, 6.45) is 0. The molecule has 0 saturated carbocycles. The Balaban J connectivity index is 1.72. The van der Waals surface area contributed by atoms with Gasteiger partial charge in [0.15, 0.2) is 0 Å². The number of benzene rings is 2. The van der Waals surface area contributed by atoms with Crippen molar-refractivity contribution in [3.63, 3.8) is 0 Å². The minimum absolute atomic E-state index is 0.160. The van der Waals surface area contributed by atoms with E-state index in [0.717, 1.165) is 12.1 Å². The number of rotatable bonds is 5. The van der Waals surface area contributed by atoms with Crippen molar-refractivity contribution in [2.45, 2.75) is 0 Å². The Morgan fingerprint density at radius 3 is 2.38 bits per heavy atom. The van der Waals surface area contributed by atoms with E-state index in [1.807, 2.05) is 10.9 Å². The van der Waals surface area contributed by atoms with E-state index in [0.29, 0.717) is 0 Å². The molecule has 0 aliphatic rings. The summed E-state index contributed by atoms with van der Waals surface area (Å²) >= 11 is 5.58.